The molecule has 1 aromatic heterocycles. The van der Waals surface area contributed by atoms with Crippen molar-refractivity contribution >= 4 is 44.4 Å². The number of hydrogen-bond acceptors (Lipinski definition) is 2. The molecule has 0 atom stereocenters. The first-order valence-electron chi connectivity index (χ1n) is 6.19. The second kappa shape index (κ2) is 5.46. The van der Waals surface area contributed by atoms with Gasteiger partial charge in [-0.05, 0) is 47.1 Å². The predicted octanol–water partition coefficient (Wildman–Crippen LogP) is 5.28. The largest absolute Gasteiger partial charge is 0.349 e. The summed E-state index contributed by atoms with van der Waals surface area (Å²) in [7, 11) is 0. The molecular weight excluding hydrogens is 334 g/mol. The van der Waals surface area contributed by atoms with E-state index < -0.39 is 0 Å². The van der Waals surface area contributed by atoms with Crippen molar-refractivity contribution in [1.82, 2.24) is 4.98 Å². The number of aromatic nitrogens is 1. The summed E-state index contributed by atoms with van der Waals surface area (Å²) in [6.07, 6.45) is 0. The van der Waals surface area contributed by atoms with Crippen LogP contribution in [0, 0.1) is 0 Å². The maximum absolute atomic E-state index is 11.4. The predicted molar refractivity (Wildman–Crippen MR) is 86.6 cm³/mol. The number of hydrogen-bond donors (Lipinski definition) is 1. The first-order valence-corrected chi connectivity index (χ1v) is 7.80. The Labute approximate surface area is 129 Å². The van der Waals surface area contributed by atoms with E-state index in [4.69, 9.17) is 0 Å². The van der Waals surface area contributed by atoms with E-state index in [-0.39, 0.29) is 5.78 Å². The highest BCUT2D eigenvalue weighted by Gasteiger charge is 2.08. The average Bonchev–Trinajstić information content (AvgIpc) is 2.83. The lowest BCUT2D eigenvalue weighted by Gasteiger charge is -2.04. The molecule has 0 saturated heterocycles. The molecule has 0 saturated carbocycles. The second-order valence-electron chi connectivity index (χ2n) is 4.52. The van der Waals surface area contributed by atoms with Crippen molar-refractivity contribution in [2.24, 2.45) is 0 Å². The third-order valence-electron chi connectivity index (χ3n) is 3.06. The van der Waals surface area contributed by atoms with Crippen molar-refractivity contribution in [3.8, 4) is 0 Å². The normalized spacial score (nSPS) is 10.9. The fraction of sp³-hybridized carbons (Fsp3) is 0.0625. The third kappa shape index (κ3) is 2.67. The van der Waals surface area contributed by atoms with E-state index in [1.165, 1.54) is 5.39 Å². The number of aromatic amines is 1. The monoisotopic (exact) mass is 345 g/mol. The number of carbonyl (C=O) groups is 1. The number of fused-ring (bicyclic) bond motifs is 1. The SMILES string of the molecule is CC(=O)c1ccc(Sc2cc3ccccc3[nH]2)c(Br)c1. The van der Waals surface area contributed by atoms with E-state index in [0.29, 0.717) is 0 Å². The minimum atomic E-state index is 0.0767. The molecule has 0 aliphatic heterocycles. The molecule has 0 unspecified atom stereocenters. The molecule has 1 heterocycles. The molecule has 20 heavy (non-hydrogen) atoms. The van der Waals surface area contributed by atoms with Crippen LogP contribution in [0.4, 0.5) is 0 Å². The summed E-state index contributed by atoms with van der Waals surface area (Å²) < 4.78 is 0.939. The Morgan fingerprint density at radius 1 is 1.15 bits per heavy atom. The number of nitrogens with one attached hydrogen (secondary N) is 1. The fourth-order valence-corrected chi connectivity index (χ4v) is 3.52. The minimum Gasteiger partial charge on any atom is -0.349 e. The standard InChI is InChI=1S/C16H12BrNOS/c1-10(19)11-6-7-15(13(17)8-11)20-16-9-12-4-2-3-5-14(12)18-16/h2-9,18H,1H3. The summed E-state index contributed by atoms with van der Waals surface area (Å²) in [5.74, 6) is 0.0767. The van der Waals surface area contributed by atoms with Gasteiger partial charge in [0.2, 0.25) is 0 Å². The van der Waals surface area contributed by atoms with E-state index in [1.807, 2.05) is 30.3 Å². The topological polar surface area (TPSA) is 32.9 Å². The number of ketones is 1. The third-order valence-corrected chi connectivity index (χ3v) is 5.00. The van der Waals surface area contributed by atoms with Crippen LogP contribution < -0.4 is 0 Å². The van der Waals surface area contributed by atoms with Gasteiger partial charge in [0.15, 0.2) is 5.78 Å². The Morgan fingerprint density at radius 3 is 2.65 bits per heavy atom. The van der Waals surface area contributed by atoms with Crippen LogP contribution in [0.25, 0.3) is 10.9 Å². The van der Waals surface area contributed by atoms with Crippen LogP contribution in [0.5, 0.6) is 0 Å². The van der Waals surface area contributed by atoms with Gasteiger partial charge in [0, 0.05) is 25.8 Å². The molecule has 3 aromatic rings. The Hall–Kier alpha value is -1.52. The van der Waals surface area contributed by atoms with E-state index >= 15 is 0 Å². The highest BCUT2D eigenvalue weighted by atomic mass is 79.9. The zero-order valence-corrected chi connectivity index (χ0v) is 13.2. The average molecular weight is 346 g/mol. The van der Waals surface area contributed by atoms with Crippen molar-refractivity contribution < 1.29 is 4.79 Å². The van der Waals surface area contributed by atoms with Gasteiger partial charge >= 0.3 is 0 Å². The molecule has 100 valence electrons. The molecule has 3 rings (SSSR count). The number of carbonyl (C=O) groups excluding carboxylic acids is 1. The summed E-state index contributed by atoms with van der Waals surface area (Å²) in [5.41, 5.74) is 1.85. The van der Waals surface area contributed by atoms with Crippen LogP contribution in [0.3, 0.4) is 0 Å². The van der Waals surface area contributed by atoms with Gasteiger partial charge in [-0.25, -0.2) is 0 Å². The first kappa shape index (κ1) is 13.5. The van der Waals surface area contributed by atoms with E-state index in [0.717, 1.165) is 25.5 Å². The van der Waals surface area contributed by atoms with Crippen LogP contribution >= 0.6 is 27.7 Å². The lowest BCUT2D eigenvalue weighted by molar-refractivity contribution is 0.101. The molecule has 4 heteroatoms. The summed E-state index contributed by atoms with van der Waals surface area (Å²) in [6, 6.07) is 16.0. The van der Waals surface area contributed by atoms with Gasteiger partial charge in [-0.1, -0.05) is 36.0 Å². The van der Waals surface area contributed by atoms with Crippen LogP contribution in [0.2, 0.25) is 0 Å². The lowest BCUT2D eigenvalue weighted by Crippen LogP contribution is -1.91. The quantitative estimate of drug-likeness (QED) is 0.654. The van der Waals surface area contributed by atoms with Crippen LogP contribution in [-0.4, -0.2) is 10.8 Å². The van der Waals surface area contributed by atoms with Crippen molar-refractivity contribution in [2.45, 2.75) is 16.8 Å². The van der Waals surface area contributed by atoms with Gasteiger partial charge in [0.1, 0.15) is 0 Å². The Morgan fingerprint density at radius 2 is 1.95 bits per heavy atom. The molecular formula is C16H12BrNOS. The summed E-state index contributed by atoms with van der Waals surface area (Å²) >= 11 is 5.18. The molecule has 0 bridgehead atoms. The molecule has 0 aliphatic rings. The van der Waals surface area contributed by atoms with Gasteiger partial charge in [-0.15, -0.1) is 0 Å². The Bertz CT molecular complexity index is 761. The van der Waals surface area contributed by atoms with Crippen molar-refractivity contribution in [3.05, 3.63) is 58.6 Å². The molecule has 2 aromatic carbocycles. The van der Waals surface area contributed by atoms with Gasteiger partial charge < -0.3 is 4.98 Å². The van der Waals surface area contributed by atoms with E-state index in [2.05, 4.69) is 39.1 Å². The number of benzene rings is 2. The Balaban J connectivity index is 1.92. The number of H-pyrrole nitrogens is 1. The molecule has 2 nitrogen and oxygen atoms in total. The zero-order chi connectivity index (χ0) is 14.1. The molecule has 0 aliphatic carbocycles. The van der Waals surface area contributed by atoms with Gasteiger partial charge in [-0.2, -0.15) is 0 Å². The maximum Gasteiger partial charge on any atom is 0.159 e. The second-order valence-corrected chi connectivity index (χ2v) is 6.46. The number of halogens is 1. The minimum absolute atomic E-state index is 0.0767. The molecule has 0 spiro atoms. The molecule has 0 amide bonds. The van der Waals surface area contributed by atoms with Crippen LogP contribution in [-0.2, 0) is 0 Å². The summed E-state index contributed by atoms with van der Waals surface area (Å²) in [5, 5.41) is 2.29. The maximum atomic E-state index is 11.4. The van der Waals surface area contributed by atoms with Crippen LogP contribution in [0.15, 0.2) is 62.9 Å². The van der Waals surface area contributed by atoms with E-state index in [1.54, 1.807) is 18.7 Å². The highest BCUT2D eigenvalue weighted by Crippen LogP contribution is 2.35. The Kier molecular flexibility index (Phi) is 3.68. The van der Waals surface area contributed by atoms with Crippen LogP contribution in [0.1, 0.15) is 17.3 Å². The fourth-order valence-electron chi connectivity index (χ4n) is 2.02. The molecule has 1 N–H and O–H groups in total. The zero-order valence-electron chi connectivity index (χ0n) is 10.8. The number of para-hydroxylation sites is 1. The molecule has 0 fully saturated rings. The first-order chi connectivity index (χ1) is 9.63. The number of rotatable bonds is 3. The highest BCUT2D eigenvalue weighted by molar-refractivity contribution is 9.10. The van der Waals surface area contributed by atoms with Crippen molar-refractivity contribution in [3.63, 3.8) is 0 Å². The summed E-state index contributed by atoms with van der Waals surface area (Å²) in [6.45, 7) is 1.58. The lowest BCUT2D eigenvalue weighted by atomic mass is 10.2. The van der Waals surface area contributed by atoms with Gasteiger partial charge in [0.05, 0.1) is 5.03 Å². The van der Waals surface area contributed by atoms with Gasteiger partial charge in [0.25, 0.3) is 0 Å². The van der Waals surface area contributed by atoms with Gasteiger partial charge in [-0.3, -0.25) is 4.79 Å². The van der Waals surface area contributed by atoms with Crippen molar-refractivity contribution in [1.29, 1.82) is 0 Å². The molecule has 0 radical (unpaired) electrons. The van der Waals surface area contributed by atoms with Crippen molar-refractivity contribution in [2.75, 3.05) is 0 Å². The van der Waals surface area contributed by atoms with E-state index in [9.17, 15) is 4.79 Å². The number of Topliss-reactive ketones (excluding diaryl/α,β-unsaturated/α-hetero) is 1. The summed E-state index contributed by atoms with van der Waals surface area (Å²) in [4.78, 5) is 15.8. The smallest absolute Gasteiger partial charge is 0.159 e.